The predicted molar refractivity (Wildman–Crippen MR) is 94.7 cm³/mol. The van der Waals surface area contributed by atoms with Crippen LogP contribution in [0.15, 0.2) is 52.3 Å². The number of hydrogen-bond donors (Lipinski definition) is 1. The molecule has 0 aliphatic carbocycles. The molecule has 2 rings (SSSR count). The van der Waals surface area contributed by atoms with E-state index in [9.17, 15) is 8.42 Å². The first-order valence-electron chi connectivity index (χ1n) is 7.18. The van der Waals surface area contributed by atoms with Crippen LogP contribution in [0.1, 0.15) is 24.1 Å². The summed E-state index contributed by atoms with van der Waals surface area (Å²) in [6, 6.07) is 12.4. The molecule has 0 heterocycles. The van der Waals surface area contributed by atoms with E-state index in [1.807, 2.05) is 44.4 Å². The van der Waals surface area contributed by atoms with Crippen molar-refractivity contribution in [1.82, 2.24) is 4.72 Å². The molecule has 1 N–H and O–H groups in total. The Balaban J connectivity index is 2.21. The number of sulfonamides is 1. The normalized spacial score (nSPS) is 12.9. The molecule has 6 heteroatoms. The van der Waals surface area contributed by atoms with Crippen LogP contribution >= 0.6 is 11.8 Å². The molecule has 0 fully saturated rings. The van der Waals surface area contributed by atoms with Gasteiger partial charge in [0.1, 0.15) is 5.75 Å². The van der Waals surface area contributed by atoms with E-state index < -0.39 is 10.0 Å². The molecule has 0 saturated carbocycles. The molecule has 1 atom stereocenters. The molecule has 0 aromatic heterocycles. The van der Waals surface area contributed by atoms with Gasteiger partial charge in [-0.15, -0.1) is 11.8 Å². The number of rotatable bonds is 6. The van der Waals surface area contributed by atoms with E-state index in [-0.39, 0.29) is 10.9 Å². The second-order valence-corrected chi connectivity index (χ2v) is 7.84. The Kier molecular flexibility index (Phi) is 5.73. The average molecular weight is 351 g/mol. The quantitative estimate of drug-likeness (QED) is 0.805. The molecule has 0 bridgehead atoms. The Morgan fingerprint density at radius 2 is 1.78 bits per heavy atom. The van der Waals surface area contributed by atoms with Gasteiger partial charge in [-0.2, -0.15) is 0 Å². The van der Waals surface area contributed by atoms with Gasteiger partial charge < -0.3 is 4.74 Å². The van der Waals surface area contributed by atoms with Crippen molar-refractivity contribution in [3.8, 4) is 5.75 Å². The molecule has 2 aromatic rings. The SMILES string of the molecule is COc1ccc(S(=O)(=O)NC(C)c2ccc(SC)cc2)cc1C. The van der Waals surface area contributed by atoms with Crippen LogP contribution in [0, 0.1) is 6.92 Å². The van der Waals surface area contributed by atoms with Crippen molar-refractivity contribution in [3.63, 3.8) is 0 Å². The maximum atomic E-state index is 12.5. The van der Waals surface area contributed by atoms with Gasteiger partial charge in [0.2, 0.25) is 10.0 Å². The molecule has 0 saturated heterocycles. The topological polar surface area (TPSA) is 55.4 Å². The maximum absolute atomic E-state index is 12.5. The minimum atomic E-state index is -3.58. The first-order chi connectivity index (χ1) is 10.9. The second kappa shape index (κ2) is 7.38. The smallest absolute Gasteiger partial charge is 0.241 e. The fourth-order valence-corrected chi connectivity index (χ4v) is 4.00. The number of benzene rings is 2. The highest BCUT2D eigenvalue weighted by molar-refractivity contribution is 7.98. The molecule has 4 nitrogen and oxygen atoms in total. The van der Waals surface area contributed by atoms with Gasteiger partial charge in [0, 0.05) is 10.9 Å². The average Bonchev–Trinajstić information content (AvgIpc) is 2.54. The zero-order valence-corrected chi connectivity index (χ0v) is 15.3. The predicted octanol–water partition coefficient (Wildman–Crippen LogP) is 3.77. The summed E-state index contributed by atoms with van der Waals surface area (Å²) in [5, 5.41) is 0. The van der Waals surface area contributed by atoms with E-state index in [0.29, 0.717) is 5.75 Å². The monoisotopic (exact) mass is 351 g/mol. The highest BCUT2D eigenvalue weighted by Gasteiger charge is 2.19. The molecular formula is C17H21NO3S2. The summed E-state index contributed by atoms with van der Waals surface area (Å²) >= 11 is 1.65. The number of thioether (sulfide) groups is 1. The fraction of sp³-hybridized carbons (Fsp3) is 0.294. The van der Waals surface area contributed by atoms with Gasteiger partial charge in [0.25, 0.3) is 0 Å². The zero-order chi connectivity index (χ0) is 17.0. The molecule has 0 radical (unpaired) electrons. The first-order valence-corrected chi connectivity index (χ1v) is 9.89. The second-order valence-electron chi connectivity index (χ2n) is 5.25. The van der Waals surface area contributed by atoms with Crippen LogP contribution < -0.4 is 9.46 Å². The number of aryl methyl sites for hydroxylation is 1. The molecule has 2 aromatic carbocycles. The van der Waals surface area contributed by atoms with E-state index in [4.69, 9.17) is 4.74 Å². The number of nitrogens with one attached hydrogen (secondary N) is 1. The van der Waals surface area contributed by atoms with Crippen molar-refractivity contribution in [2.24, 2.45) is 0 Å². The summed E-state index contributed by atoms with van der Waals surface area (Å²) in [7, 11) is -2.02. The molecule has 1 unspecified atom stereocenters. The first kappa shape index (κ1) is 17.8. The summed E-state index contributed by atoms with van der Waals surface area (Å²) in [6.45, 7) is 3.66. The highest BCUT2D eigenvalue weighted by atomic mass is 32.2. The molecule has 0 aliphatic rings. The molecule has 0 aliphatic heterocycles. The summed E-state index contributed by atoms with van der Waals surface area (Å²) in [5.74, 6) is 0.671. The summed E-state index contributed by atoms with van der Waals surface area (Å²) in [6.07, 6.45) is 2.01. The lowest BCUT2D eigenvalue weighted by molar-refractivity contribution is 0.411. The van der Waals surface area contributed by atoms with Gasteiger partial charge in [0.05, 0.1) is 12.0 Å². The van der Waals surface area contributed by atoms with Gasteiger partial charge in [0.15, 0.2) is 0 Å². The largest absolute Gasteiger partial charge is 0.496 e. The van der Waals surface area contributed by atoms with E-state index in [2.05, 4.69) is 4.72 Å². The lowest BCUT2D eigenvalue weighted by Gasteiger charge is -2.16. The number of methoxy groups -OCH3 is 1. The van der Waals surface area contributed by atoms with Crippen molar-refractivity contribution in [2.45, 2.75) is 29.7 Å². The Labute approximate surface area is 142 Å². The van der Waals surface area contributed by atoms with Crippen molar-refractivity contribution in [2.75, 3.05) is 13.4 Å². The van der Waals surface area contributed by atoms with Crippen LogP contribution in [0.25, 0.3) is 0 Å². The van der Waals surface area contributed by atoms with Gasteiger partial charge in [-0.05, 0) is 61.6 Å². The fourth-order valence-electron chi connectivity index (χ4n) is 2.28. The van der Waals surface area contributed by atoms with Gasteiger partial charge in [-0.25, -0.2) is 13.1 Å². The Hall–Kier alpha value is -1.50. The van der Waals surface area contributed by atoms with E-state index in [0.717, 1.165) is 16.0 Å². The summed E-state index contributed by atoms with van der Waals surface area (Å²) in [5.41, 5.74) is 1.71. The molecule has 124 valence electrons. The number of ether oxygens (including phenoxy) is 1. The van der Waals surface area contributed by atoms with E-state index in [1.165, 1.54) is 0 Å². The van der Waals surface area contributed by atoms with Crippen molar-refractivity contribution >= 4 is 21.8 Å². The molecule has 0 amide bonds. The Morgan fingerprint density at radius 3 is 2.30 bits per heavy atom. The third kappa shape index (κ3) is 4.28. The van der Waals surface area contributed by atoms with Crippen LogP contribution in [-0.2, 0) is 10.0 Å². The Bertz CT molecular complexity index is 771. The molecule has 0 spiro atoms. The van der Waals surface area contributed by atoms with Crippen molar-refractivity contribution in [1.29, 1.82) is 0 Å². The van der Waals surface area contributed by atoms with Gasteiger partial charge in [-0.1, -0.05) is 12.1 Å². The minimum absolute atomic E-state index is 0.239. The van der Waals surface area contributed by atoms with E-state index >= 15 is 0 Å². The van der Waals surface area contributed by atoms with E-state index in [1.54, 1.807) is 37.1 Å². The standard InChI is InChI=1S/C17H21NO3S2/c1-12-11-16(9-10-17(12)21-3)23(19,20)18-13(2)14-5-7-15(22-4)8-6-14/h5-11,13,18H,1-4H3. The van der Waals surface area contributed by atoms with Crippen LogP contribution in [0.2, 0.25) is 0 Å². The summed E-state index contributed by atoms with van der Waals surface area (Å²) < 4.78 is 33.0. The third-order valence-corrected chi connectivity index (χ3v) is 5.91. The van der Waals surface area contributed by atoms with Crippen molar-refractivity contribution in [3.05, 3.63) is 53.6 Å². The lowest BCUT2D eigenvalue weighted by Crippen LogP contribution is -2.27. The maximum Gasteiger partial charge on any atom is 0.241 e. The molecular weight excluding hydrogens is 330 g/mol. The highest BCUT2D eigenvalue weighted by Crippen LogP contribution is 2.24. The Morgan fingerprint density at radius 1 is 1.13 bits per heavy atom. The van der Waals surface area contributed by atoms with Gasteiger partial charge >= 0.3 is 0 Å². The minimum Gasteiger partial charge on any atom is -0.496 e. The van der Waals surface area contributed by atoms with Crippen LogP contribution in [-0.4, -0.2) is 21.8 Å². The number of hydrogen-bond acceptors (Lipinski definition) is 4. The third-order valence-electron chi connectivity index (χ3n) is 3.62. The van der Waals surface area contributed by atoms with Crippen molar-refractivity contribution < 1.29 is 13.2 Å². The van der Waals surface area contributed by atoms with Crippen LogP contribution in [0.3, 0.4) is 0 Å². The van der Waals surface area contributed by atoms with Gasteiger partial charge in [-0.3, -0.25) is 0 Å². The van der Waals surface area contributed by atoms with Crippen LogP contribution in [0.4, 0.5) is 0 Å². The lowest BCUT2D eigenvalue weighted by atomic mass is 10.1. The summed E-state index contributed by atoms with van der Waals surface area (Å²) in [4.78, 5) is 1.39. The molecule has 23 heavy (non-hydrogen) atoms. The zero-order valence-electron chi connectivity index (χ0n) is 13.7. The van der Waals surface area contributed by atoms with Crippen LogP contribution in [0.5, 0.6) is 5.75 Å².